The molecule has 2 aromatic rings. The lowest BCUT2D eigenvalue weighted by Gasteiger charge is -2.19. The Morgan fingerprint density at radius 1 is 1.09 bits per heavy atom. The molecule has 0 saturated carbocycles. The van der Waals surface area contributed by atoms with Crippen LogP contribution >= 0.6 is 23.2 Å². The molecule has 0 unspecified atom stereocenters. The van der Waals surface area contributed by atoms with Crippen molar-refractivity contribution < 1.29 is 13.3 Å². The summed E-state index contributed by atoms with van der Waals surface area (Å²) < 4.78 is 26.1. The van der Waals surface area contributed by atoms with E-state index in [-0.39, 0.29) is 15.7 Å². The van der Waals surface area contributed by atoms with Crippen molar-refractivity contribution in [1.82, 2.24) is 0 Å². The van der Waals surface area contributed by atoms with Crippen LogP contribution in [0.1, 0.15) is 0 Å². The fourth-order valence-electron chi connectivity index (χ4n) is 1.83. The van der Waals surface area contributed by atoms with Crippen molar-refractivity contribution in [3.8, 4) is 0 Å². The molecule has 0 atom stereocenters. The number of nitro benzene ring substituents is 1. The molecule has 0 aromatic heterocycles. The maximum Gasteiger partial charge on any atom is 0.289 e. The van der Waals surface area contributed by atoms with Gasteiger partial charge in [0.25, 0.3) is 15.7 Å². The van der Waals surface area contributed by atoms with E-state index in [1.165, 1.54) is 43.4 Å². The van der Waals surface area contributed by atoms with Crippen molar-refractivity contribution >= 4 is 44.6 Å². The Kier molecular flexibility index (Phi) is 4.60. The molecule has 2 rings (SSSR count). The molecule has 0 aliphatic heterocycles. The van der Waals surface area contributed by atoms with Crippen LogP contribution in [0.25, 0.3) is 0 Å². The number of nitrogens with zero attached hydrogens (tertiary/aromatic N) is 2. The second kappa shape index (κ2) is 6.12. The van der Waals surface area contributed by atoms with Crippen molar-refractivity contribution in [1.29, 1.82) is 0 Å². The largest absolute Gasteiger partial charge is 0.289 e. The summed E-state index contributed by atoms with van der Waals surface area (Å²) in [4.78, 5) is 9.87. The van der Waals surface area contributed by atoms with Crippen molar-refractivity contribution in [2.24, 2.45) is 0 Å². The maximum absolute atomic E-state index is 12.6. The van der Waals surface area contributed by atoms with Gasteiger partial charge in [-0.1, -0.05) is 35.3 Å². The molecule has 9 heteroatoms. The van der Waals surface area contributed by atoms with Gasteiger partial charge in [0.05, 0.1) is 10.6 Å². The molecule has 0 radical (unpaired) electrons. The standard InChI is InChI=1S/C13H10Cl2N2O4S/c1-16(11-7-9(14)6-10(15)8-11)22(20,21)13-5-3-2-4-12(13)17(18)19/h2-8H,1H3. The SMILES string of the molecule is CN(c1cc(Cl)cc(Cl)c1)S(=O)(=O)c1ccccc1[N+](=O)[O-]. The van der Waals surface area contributed by atoms with E-state index in [1.54, 1.807) is 0 Å². The van der Waals surface area contributed by atoms with E-state index >= 15 is 0 Å². The molecule has 0 aliphatic rings. The lowest BCUT2D eigenvalue weighted by Crippen LogP contribution is -2.27. The van der Waals surface area contributed by atoms with Crippen molar-refractivity contribution in [2.75, 3.05) is 11.4 Å². The lowest BCUT2D eigenvalue weighted by molar-refractivity contribution is -0.387. The zero-order valence-corrected chi connectivity index (χ0v) is 13.6. The highest BCUT2D eigenvalue weighted by molar-refractivity contribution is 7.93. The van der Waals surface area contributed by atoms with Gasteiger partial charge in [0.1, 0.15) is 0 Å². The number of hydrogen-bond acceptors (Lipinski definition) is 4. The first-order valence-electron chi connectivity index (χ1n) is 5.92. The molecule has 0 amide bonds. The summed E-state index contributed by atoms with van der Waals surface area (Å²) in [6.07, 6.45) is 0. The Hall–Kier alpha value is -1.83. The monoisotopic (exact) mass is 360 g/mol. The third-order valence-corrected chi connectivity index (χ3v) is 5.18. The molecule has 0 bridgehead atoms. The Balaban J connectivity index is 2.57. The molecular weight excluding hydrogens is 351 g/mol. The summed E-state index contributed by atoms with van der Waals surface area (Å²) in [6, 6.07) is 9.38. The molecule has 0 fully saturated rings. The van der Waals surface area contributed by atoms with Crippen molar-refractivity contribution in [3.05, 3.63) is 62.6 Å². The molecule has 22 heavy (non-hydrogen) atoms. The molecule has 0 aliphatic carbocycles. The molecule has 2 aromatic carbocycles. The van der Waals surface area contributed by atoms with Gasteiger partial charge in [-0.15, -0.1) is 0 Å². The first-order valence-corrected chi connectivity index (χ1v) is 8.11. The van der Waals surface area contributed by atoms with Gasteiger partial charge in [-0.25, -0.2) is 8.42 Å². The van der Waals surface area contributed by atoms with E-state index in [9.17, 15) is 18.5 Å². The van der Waals surface area contributed by atoms with Gasteiger partial charge in [0, 0.05) is 23.2 Å². The minimum absolute atomic E-state index is 0.204. The Morgan fingerprint density at radius 2 is 1.64 bits per heavy atom. The van der Waals surface area contributed by atoms with Gasteiger partial charge in [-0.3, -0.25) is 14.4 Å². The zero-order valence-electron chi connectivity index (χ0n) is 11.2. The number of hydrogen-bond donors (Lipinski definition) is 0. The summed E-state index contributed by atoms with van der Waals surface area (Å²) >= 11 is 11.7. The van der Waals surface area contributed by atoms with Crippen LogP contribution in [0.2, 0.25) is 10.0 Å². The van der Waals surface area contributed by atoms with E-state index in [0.717, 1.165) is 10.4 Å². The van der Waals surface area contributed by atoms with Crippen molar-refractivity contribution in [3.63, 3.8) is 0 Å². The number of rotatable bonds is 4. The average molecular weight is 361 g/mol. The number of para-hydroxylation sites is 1. The lowest BCUT2D eigenvalue weighted by atomic mass is 10.3. The molecule has 0 heterocycles. The highest BCUT2D eigenvalue weighted by Crippen LogP contribution is 2.31. The highest BCUT2D eigenvalue weighted by Gasteiger charge is 2.29. The van der Waals surface area contributed by atoms with E-state index in [4.69, 9.17) is 23.2 Å². The second-order valence-electron chi connectivity index (χ2n) is 4.33. The normalized spacial score (nSPS) is 11.2. The Labute approximate surface area is 137 Å². The van der Waals surface area contributed by atoms with Gasteiger partial charge < -0.3 is 0 Å². The third kappa shape index (κ3) is 3.16. The zero-order chi connectivity index (χ0) is 16.5. The minimum atomic E-state index is -4.13. The van der Waals surface area contributed by atoms with E-state index in [0.29, 0.717) is 0 Å². The summed E-state index contributed by atoms with van der Waals surface area (Å²) in [5.41, 5.74) is -0.293. The van der Waals surface area contributed by atoms with Gasteiger partial charge in [-0.05, 0) is 24.3 Å². The molecule has 0 N–H and O–H groups in total. The van der Waals surface area contributed by atoms with Crippen LogP contribution in [-0.2, 0) is 10.0 Å². The second-order valence-corrected chi connectivity index (χ2v) is 7.14. The van der Waals surface area contributed by atoms with Gasteiger partial charge in [0.2, 0.25) is 0 Å². The number of nitro groups is 1. The molecule has 0 saturated heterocycles. The molecule has 0 spiro atoms. The first-order chi connectivity index (χ1) is 10.2. The number of benzene rings is 2. The van der Waals surface area contributed by atoms with E-state index in [2.05, 4.69) is 0 Å². The molecular formula is C13H10Cl2N2O4S. The fraction of sp³-hybridized carbons (Fsp3) is 0.0769. The fourth-order valence-corrected chi connectivity index (χ4v) is 3.68. The van der Waals surface area contributed by atoms with Crippen LogP contribution in [0, 0.1) is 10.1 Å². The number of halogens is 2. The Bertz CT molecular complexity index is 819. The van der Waals surface area contributed by atoms with Gasteiger partial charge in [-0.2, -0.15) is 0 Å². The highest BCUT2D eigenvalue weighted by atomic mass is 35.5. The van der Waals surface area contributed by atoms with Crippen LogP contribution in [0.4, 0.5) is 11.4 Å². The Morgan fingerprint density at radius 3 is 2.18 bits per heavy atom. The van der Waals surface area contributed by atoms with Gasteiger partial charge in [0.15, 0.2) is 4.90 Å². The van der Waals surface area contributed by atoms with Crippen LogP contribution < -0.4 is 4.31 Å². The average Bonchev–Trinajstić information content (AvgIpc) is 2.45. The van der Waals surface area contributed by atoms with Gasteiger partial charge >= 0.3 is 0 Å². The summed E-state index contributed by atoms with van der Waals surface area (Å²) in [7, 11) is -2.85. The van der Waals surface area contributed by atoms with Crippen LogP contribution in [0.3, 0.4) is 0 Å². The third-order valence-electron chi connectivity index (χ3n) is 2.91. The van der Waals surface area contributed by atoms with Crippen LogP contribution in [0.5, 0.6) is 0 Å². The first kappa shape index (κ1) is 16.5. The van der Waals surface area contributed by atoms with Crippen LogP contribution in [-0.4, -0.2) is 20.4 Å². The smallest absolute Gasteiger partial charge is 0.269 e. The van der Waals surface area contributed by atoms with Crippen LogP contribution in [0.15, 0.2) is 47.4 Å². The summed E-state index contributed by atoms with van der Waals surface area (Å²) in [6.45, 7) is 0. The van der Waals surface area contributed by atoms with E-state index in [1.807, 2.05) is 0 Å². The quantitative estimate of drug-likeness (QED) is 0.614. The number of anilines is 1. The summed E-state index contributed by atoms with van der Waals surface area (Å²) in [5, 5.41) is 11.5. The number of sulfonamides is 1. The van der Waals surface area contributed by atoms with E-state index < -0.39 is 25.5 Å². The molecule has 116 valence electrons. The molecule has 6 nitrogen and oxygen atoms in total. The maximum atomic E-state index is 12.6. The minimum Gasteiger partial charge on any atom is -0.269 e. The predicted molar refractivity (Wildman–Crippen MR) is 85.1 cm³/mol. The summed E-state index contributed by atoms with van der Waals surface area (Å²) in [5.74, 6) is 0. The van der Waals surface area contributed by atoms with Crippen molar-refractivity contribution in [2.45, 2.75) is 4.90 Å². The topological polar surface area (TPSA) is 80.5 Å². The predicted octanol–water partition coefficient (Wildman–Crippen LogP) is 3.73.